The van der Waals surface area contributed by atoms with Gasteiger partial charge in [-0.15, -0.1) is 0 Å². The van der Waals surface area contributed by atoms with Crippen LogP contribution in [-0.2, 0) is 0 Å². The van der Waals surface area contributed by atoms with Crippen molar-refractivity contribution in [3.05, 3.63) is 33.9 Å². The summed E-state index contributed by atoms with van der Waals surface area (Å²) in [5, 5.41) is 11.6. The lowest BCUT2D eigenvalue weighted by Crippen LogP contribution is -2.45. The number of nitrogens with zero attached hydrogens (tertiary/aromatic N) is 2. The Morgan fingerprint density at radius 3 is 2.71 bits per heavy atom. The third-order valence-electron chi connectivity index (χ3n) is 3.73. The van der Waals surface area contributed by atoms with Crippen LogP contribution < -0.4 is 4.74 Å². The molecule has 7 heteroatoms. The molecule has 114 valence electrons. The quantitative estimate of drug-likeness (QED) is 0.446. The van der Waals surface area contributed by atoms with Crippen LogP contribution in [0, 0.1) is 10.1 Å². The van der Waals surface area contributed by atoms with E-state index in [9.17, 15) is 14.9 Å². The molecule has 0 N–H and O–H groups in total. The van der Waals surface area contributed by atoms with E-state index in [1.807, 2.05) is 4.90 Å². The van der Waals surface area contributed by atoms with Crippen LogP contribution in [0.4, 0.5) is 5.69 Å². The van der Waals surface area contributed by atoms with Crippen LogP contribution in [0.2, 0.25) is 0 Å². The predicted molar refractivity (Wildman–Crippen MR) is 82.1 cm³/mol. The number of nitro groups is 1. The minimum Gasteiger partial charge on any atom is -0.490 e. The van der Waals surface area contributed by atoms with E-state index in [0.717, 1.165) is 19.3 Å². The van der Waals surface area contributed by atoms with Crippen molar-refractivity contribution in [2.45, 2.75) is 25.3 Å². The molecular formula is C14H17BrN2O4. The summed E-state index contributed by atoms with van der Waals surface area (Å²) < 4.78 is 5.02. The molecule has 6 nitrogen and oxygen atoms in total. The van der Waals surface area contributed by atoms with Gasteiger partial charge in [0.05, 0.1) is 12.0 Å². The fraction of sp³-hybridized carbons (Fsp3) is 0.500. The van der Waals surface area contributed by atoms with E-state index in [-0.39, 0.29) is 23.4 Å². The second-order valence-electron chi connectivity index (χ2n) is 4.92. The van der Waals surface area contributed by atoms with E-state index in [1.165, 1.54) is 25.3 Å². The first kappa shape index (κ1) is 15.8. The lowest BCUT2D eigenvalue weighted by molar-refractivity contribution is -0.385. The molecule has 1 aromatic rings. The number of nitro benzene ring substituents is 1. The maximum Gasteiger partial charge on any atom is 0.310 e. The predicted octanol–water partition coefficient (Wildman–Crippen LogP) is 2.99. The average molecular weight is 357 g/mol. The smallest absolute Gasteiger partial charge is 0.310 e. The Bertz CT molecular complexity index is 546. The number of alkyl halides is 1. The summed E-state index contributed by atoms with van der Waals surface area (Å²) in [5.41, 5.74) is 0.287. The molecule has 0 spiro atoms. The third-order valence-corrected chi connectivity index (χ3v) is 4.08. The van der Waals surface area contributed by atoms with Gasteiger partial charge >= 0.3 is 5.69 Å². The average Bonchev–Trinajstić information content (AvgIpc) is 2.43. The molecule has 0 aromatic heterocycles. The number of amides is 1. The van der Waals surface area contributed by atoms with E-state index in [1.54, 1.807) is 0 Å². The van der Waals surface area contributed by atoms with E-state index in [4.69, 9.17) is 4.74 Å². The molecule has 1 fully saturated rings. The normalized spacial score (nSPS) is 14.4. The van der Waals surface area contributed by atoms with Crippen LogP contribution in [0.5, 0.6) is 5.75 Å². The summed E-state index contributed by atoms with van der Waals surface area (Å²) in [6, 6.07) is 4.53. The van der Waals surface area contributed by atoms with E-state index >= 15 is 0 Å². The number of halogens is 1. The highest BCUT2D eigenvalue weighted by Gasteiger charge is 2.29. The first-order valence-electron chi connectivity index (χ1n) is 6.78. The minimum absolute atomic E-state index is 0.104. The molecule has 0 bridgehead atoms. The summed E-state index contributed by atoms with van der Waals surface area (Å²) >= 11 is 3.36. The molecule has 0 aliphatic heterocycles. The van der Waals surface area contributed by atoms with Gasteiger partial charge in [0.2, 0.25) is 0 Å². The van der Waals surface area contributed by atoms with Gasteiger partial charge in [-0.05, 0) is 25.3 Å². The molecule has 1 amide bonds. The van der Waals surface area contributed by atoms with Crippen molar-refractivity contribution in [1.82, 2.24) is 4.90 Å². The topological polar surface area (TPSA) is 72.7 Å². The Morgan fingerprint density at radius 1 is 1.52 bits per heavy atom. The number of methoxy groups -OCH3 is 1. The summed E-state index contributed by atoms with van der Waals surface area (Å²) in [4.78, 5) is 24.8. The lowest BCUT2D eigenvalue weighted by atomic mass is 9.91. The fourth-order valence-electron chi connectivity index (χ4n) is 2.37. The van der Waals surface area contributed by atoms with Gasteiger partial charge in [0, 0.05) is 35.6 Å². The first-order valence-corrected chi connectivity index (χ1v) is 7.90. The maximum absolute atomic E-state index is 12.6. The Morgan fingerprint density at radius 2 is 2.24 bits per heavy atom. The van der Waals surface area contributed by atoms with Crippen molar-refractivity contribution >= 4 is 27.5 Å². The van der Waals surface area contributed by atoms with Gasteiger partial charge in [0.15, 0.2) is 5.75 Å². The molecule has 0 heterocycles. The van der Waals surface area contributed by atoms with E-state index < -0.39 is 4.92 Å². The molecule has 1 aromatic carbocycles. The van der Waals surface area contributed by atoms with Crippen molar-refractivity contribution < 1.29 is 14.5 Å². The number of hydrogen-bond acceptors (Lipinski definition) is 4. The Labute approximate surface area is 131 Å². The van der Waals surface area contributed by atoms with Crippen LogP contribution in [0.25, 0.3) is 0 Å². The molecule has 2 rings (SSSR count). The zero-order valence-electron chi connectivity index (χ0n) is 11.8. The largest absolute Gasteiger partial charge is 0.490 e. The minimum atomic E-state index is -0.519. The highest BCUT2D eigenvalue weighted by atomic mass is 79.9. The standard InChI is InChI=1S/C14H17BrN2O4/c1-21-13-9-10(5-6-12(13)17(19)20)14(18)16(8-7-15)11-3-2-4-11/h5-6,9,11H,2-4,7-8H2,1H3. The Kier molecular flexibility index (Phi) is 5.17. The van der Waals surface area contributed by atoms with Crippen molar-refractivity contribution in [2.24, 2.45) is 0 Å². The van der Waals surface area contributed by atoms with Crippen LogP contribution in [0.3, 0.4) is 0 Å². The van der Waals surface area contributed by atoms with Crippen molar-refractivity contribution in [3.63, 3.8) is 0 Å². The zero-order chi connectivity index (χ0) is 15.4. The number of ether oxygens (including phenoxy) is 1. The molecule has 21 heavy (non-hydrogen) atoms. The zero-order valence-corrected chi connectivity index (χ0v) is 13.3. The molecule has 1 aliphatic rings. The van der Waals surface area contributed by atoms with Gasteiger partial charge in [0.1, 0.15) is 0 Å². The molecule has 0 saturated heterocycles. The third kappa shape index (κ3) is 3.34. The van der Waals surface area contributed by atoms with E-state index in [0.29, 0.717) is 17.4 Å². The molecule has 0 atom stereocenters. The van der Waals surface area contributed by atoms with Crippen molar-refractivity contribution in [2.75, 3.05) is 19.0 Å². The summed E-state index contributed by atoms with van der Waals surface area (Å²) in [6.45, 7) is 0.628. The first-order chi connectivity index (χ1) is 10.1. The molecular weight excluding hydrogens is 340 g/mol. The van der Waals surface area contributed by atoms with Gasteiger partial charge < -0.3 is 9.64 Å². The summed E-state index contributed by atoms with van der Waals surface area (Å²) in [5.74, 6) is 0.00518. The summed E-state index contributed by atoms with van der Waals surface area (Å²) in [7, 11) is 1.36. The lowest BCUT2D eigenvalue weighted by Gasteiger charge is -2.37. The Hall–Kier alpha value is -1.63. The number of benzene rings is 1. The van der Waals surface area contributed by atoms with Crippen LogP contribution in [0.15, 0.2) is 18.2 Å². The second kappa shape index (κ2) is 6.89. The van der Waals surface area contributed by atoms with Gasteiger partial charge in [-0.25, -0.2) is 0 Å². The van der Waals surface area contributed by atoms with Crippen LogP contribution in [-0.4, -0.2) is 40.8 Å². The highest BCUT2D eigenvalue weighted by molar-refractivity contribution is 9.09. The van der Waals surface area contributed by atoms with Crippen molar-refractivity contribution in [3.8, 4) is 5.75 Å². The van der Waals surface area contributed by atoms with E-state index in [2.05, 4.69) is 15.9 Å². The van der Waals surface area contributed by atoms with Gasteiger partial charge in [-0.1, -0.05) is 15.9 Å². The number of hydrogen-bond donors (Lipinski definition) is 0. The van der Waals surface area contributed by atoms with Gasteiger partial charge in [-0.2, -0.15) is 0 Å². The van der Waals surface area contributed by atoms with Gasteiger partial charge in [-0.3, -0.25) is 14.9 Å². The molecule has 1 aliphatic carbocycles. The monoisotopic (exact) mass is 356 g/mol. The van der Waals surface area contributed by atoms with Crippen molar-refractivity contribution in [1.29, 1.82) is 0 Å². The second-order valence-corrected chi connectivity index (χ2v) is 5.71. The molecule has 0 unspecified atom stereocenters. The molecule has 0 radical (unpaired) electrons. The highest BCUT2D eigenvalue weighted by Crippen LogP contribution is 2.30. The number of rotatable bonds is 6. The Balaban J connectivity index is 2.26. The maximum atomic E-state index is 12.6. The van der Waals surface area contributed by atoms with Crippen LogP contribution in [0.1, 0.15) is 29.6 Å². The fourth-order valence-corrected chi connectivity index (χ4v) is 2.75. The molecule has 1 saturated carbocycles. The van der Waals surface area contributed by atoms with Gasteiger partial charge in [0.25, 0.3) is 5.91 Å². The SMILES string of the molecule is COc1cc(C(=O)N(CCBr)C2CCC2)ccc1[N+](=O)[O-]. The van der Waals surface area contributed by atoms with Crippen LogP contribution >= 0.6 is 15.9 Å². The number of carbonyl (C=O) groups excluding carboxylic acids is 1. The number of carbonyl (C=O) groups is 1. The summed E-state index contributed by atoms with van der Waals surface area (Å²) in [6.07, 6.45) is 3.17.